The molecule has 2 aliphatic heterocycles. The van der Waals surface area contributed by atoms with Crippen LogP contribution in [0.4, 0.5) is 0 Å². The van der Waals surface area contributed by atoms with E-state index in [4.69, 9.17) is 0 Å². The Balaban J connectivity index is 2.04. The van der Waals surface area contributed by atoms with E-state index in [9.17, 15) is 4.79 Å². The molecule has 1 atom stereocenters. The molecule has 0 spiro atoms. The highest BCUT2D eigenvalue weighted by Gasteiger charge is 2.38. The van der Waals surface area contributed by atoms with E-state index in [1.54, 1.807) is 16.4 Å². The fraction of sp³-hybridized carbons (Fsp3) is 0.273. The molecular formula is C11H9N5OS. The molecule has 2 aromatic rings. The summed E-state index contributed by atoms with van der Waals surface area (Å²) in [5.74, 6) is 2.34. The maximum atomic E-state index is 12.5. The average molecular weight is 259 g/mol. The molecule has 1 fully saturated rings. The van der Waals surface area contributed by atoms with Gasteiger partial charge < -0.3 is 4.90 Å². The zero-order chi connectivity index (χ0) is 12.1. The zero-order valence-electron chi connectivity index (χ0n) is 9.35. The lowest BCUT2D eigenvalue weighted by molar-refractivity contribution is 0.0747. The number of hydrogen-bond acceptors (Lipinski definition) is 5. The van der Waals surface area contributed by atoms with Crippen molar-refractivity contribution in [2.45, 2.75) is 6.04 Å². The van der Waals surface area contributed by atoms with E-state index >= 15 is 0 Å². The van der Waals surface area contributed by atoms with Crippen LogP contribution in [-0.2, 0) is 0 Å². The molecule has 0 bridgehead atoms. The second kappa shape index (κ2) is 3.55. The van der Waals surface area contributed by atoms with Gasteiger partial charge in [-0.05, 0) is 22.6 Å². The number of fused-ring (bicyclic) bond motifs is 5. The molecule has 0 N–H and O–H groups in total. The molecule has 3 heterocycles. The Morgan fingerprint density at radius 3 is 3.17 bits per heavy atom. The van der Waals surface area contributed by atoms with Gasteiger partial charge in [0, 0.05) is 5.75 Å². The second-order valence-corrected chi connectivity index (χ2v) is 5.26. The van der Waals surface area contributed by atoms with Gasteiger partial charge in [0.15, 0.2) is 5.82 Å². The average Bonchev–Trinajstić information content (AvgIpc) is 3.04. The Labute approximate surface area is 107 Å². The monoisotopic (exact) mass is 259 g/mol. The maximum absolute atomic E-state index is 12.5. The van der Waals surface area contributed by atoms with E-state index in [0.717, 1.165) is 17.3 Å². The minimum Gasteiger partial charge on any atom is -0.318 e. The Morgan fingerprint density at radius 1 is 1.33 bits per heavy atom. The lowest BCUT2D eigenvalue weighted by Crippen LogP contribution is -2.30. The largest absolute Gasteiger partial charge is 0.318 e. The van der Waals surface area contributed by atoms with Gasteiger partial charge in [-0.25, -0.2) is 0 Å². The normalized spacial score (nSPS) is 21.2. The van der Waals surface area contributed by atoms with Crippen molar-refractivity contribution in [1.82, 2.24) is 25.1 Å². The summed E-state index contributed by atoms with van der Waals surface area (Å²) in [5, 5.41) is 11.9. The standard InChI is InChI=1S/C11H9N5OS/c17-11-7-3-1-2-4-8(7)16-10(12-13-14-16)9-5-18-6-15(9)11/h1-4,9H,5-6H2/t9-/m0/s1. The lowest BCUT2D eigenvalue weighted by Gasteiger charge is -2.19. The van der Waals surface area contributed by atoms with E-state index in [0.29, 0.717) is 11.4 Å². The lowest BCUT2D eigenvalue weighted by atomic mass is 10.1. The summed E-state index contributed by atoms with van der Waals surface area (Å²) >= 11 is 1.73. The predicted octanol–water partition coefficient (Wildman–Crippen LogP) is 0.863. The van der Waals surface area contributed by atoms with Crippen molar-refractivity contribution >= 4 is 17.7 Å². The van der Waals surface area contributed by atoms with Gasteiger partial charge in [-0.15, -0.1) is 16.9 Å². The molecule has 90 valence electrons. The first-order valence-electron chi connectivity index (χ1n) is 5.62. The van der Waals surface area contributed by atoms with Gasteiger partial charge in [-0.1, -0.05) is 12.1 Å². The van der Waals surface area contributed by atoms with Gasteiger partial charge >= 0.3 is 0 Å². The number of hydrogen-bond donors (Lipinski definition) is 0. The summed E-state index contributed by atoms with van der Waals surface area (Å²) in [4.78, 5) is 14.4. The van der Waals surface area contributed by atoms with Gasteiger partial charge in [0.2, 0.25) is 0 Å². The van der Waals surface area contributed by atoms with Crippen LogP contribution in [0.2, 0.25) is 0 Å². The van der Waals surface area contributed by atoms with Crippen LogP contribution >= 0.6 is 11.8 Å². The Morgan fingerprint density at radius 2 is 2.22 bits per heavy atom. The van der Waals surface area contributed by atoms with Crippen LogP contribution in [0.5, 0.6) is 0 Å². The van der Waals surface area contributed by atoms with Crippen molar-refractivity contribution in [1.29, 1.82) is 0 Å². The highest BCUT2D eigenvalue weighted by atomic mass is 32.2. The molecule has 0 radical (unpaired) electrons. The first-order chi connectivity index (χ1) is 8.86. The molecule has 0 unspecified atom stereocenters. The highest BCUT2D eigenvalue weighted by Crippen LogP contribution is 2.37. The minimum atomic E-state index is -0.0232. The number of thioether (sulfide) groups is 1. The van der Waals surface area contributed by atoms with Crippen molar-refractivity contribution in [2.75, 3.05) is 11.6 Å². The third-order valence-electron chi connectivity index (χ3n) is 3.30. The van der Waals surface area contributed by atoms with Gasteiger partial charge in [0.1, 0.15) is 6.04 Å². The quantitative estimate of drug-likeness (QED) is 0.702. The summed E-state index contributed by atoms with van der Waals surface area (Å²) < 4.78 is 1.68. The van der Waals surface area contributed by atoms with Crippen molar-refractivity contribution in [3.8, 4) is 5.69 Å². The fourth-order valence-corrected chi connectivity index (χ4v) is 3.58. The van der Waals surface area contributed by atoms with E-state index in [-0.39, 0.29) is 11.9 Å². The van der Waals surface area contributed by atoms with Crippen molar-refractivity contribution in [3.63, 3.8) is 0 Å². The van der Waals surface area contributed by atoms with Crippen molar-refractivity contribution < 1.29 is 4.79 Å². The molecule has 2 aliphatic rings. The van der Waals surface area contributed by atoms with Gasteiger partial charge in [0.05, 0.1) is 17.1 Å². The van der Waals surface area contributed by atoms with E-state index < -0.39 is 0 Å². The molecule has 18 heavy (non-hydrogen) atoms. The summed E-state index contributed by atoms with van der Waals surface area (Å²) in [7, 11) is 0. The topological polar surface area (TPSA) is 63.9 Å². The number of tetrazole rings is 1. The molecule has 1 saturated heterocycles. The molecule has 0 saturated carbocycles. The number of carbonyl (C=O) groups excluding carboxylic acids is 1. The molecule has 4 rings (SSSR count). The van der Waals surface area contributed by atoms with Crippen LogP contribution in [-0.4, -0.2) is 42.6 Å². The van der Waals surface area contributed by atoms with Gasteiger partial charge in [-0.2, -0.15) is 4.68 Å². The fourth-order valence-electron chi connectivity index (χ4n) is 2.42. The number of rotatable bonds is 0. The summed E-state index contributed by atoms with van der Waals surface area (Å²) in [5.41, 5.74) is 1.43. The van der Waals surface area contributed by atoms with Crippen LogP contribution in [0, 0.1) is 0 Å². The molecule has 6 nitrogen and oxygen atoms in total. The summed E-state index contributed by atoms with van der Waals surface area (Å²) in [6.07, 6.45) is 0. The van der Waals surface area contributed by atoms with Crippen molar-refractivity contribution in [3.05, 3.63) is 35.7 Å². The summed E-state index contributed by atoms with van der Waals surface area (Å²) in [6.45, 7) is 0. The first kappa shape index (κ1) is 10.1. The molecule has 1 amide bonds. The SMILES string of the molecule is O=C1c2ccccc2-n2nnnc2[C@@H]2CSCN12. The summed E-state index contributed by atoms with van der Waals surface area (Å²) in [6, 6.07) is 7.44. The number of nitrogens with zero attached hydrogens (tertiary/aromatic N) is 5. The first-order valence-corrected chi connectivity index (χ1v) is 6.78. The maximum Gasteiger partial charge on any atom is 0.257 e. The van der Waals surface area contributed by atoms with E-state index in [2.05, 4.69) is 15.5 Å². The van der Waals surface area contributed by atoms with Crippen LogP contribution in [0.3, 0.4) is 0 Å². The number of benzene rings is 1. The van der Waals surface area contributed by atoms with Crippen molar-refractivity contribution in [2.24, 2.45) is 0 Å². The minimum absolute atomic E-state index is 0.0232. The Bertz CT molecular complexity index is 640. The molecule has 1 aromatic carbocycles. The number of amides is 1. The number of carbonyl (C=O) groups is 1. The zero-order valence-corrected chi connectivity index (χ0v) is 10.2. The van der Waals surface area contributed by atoms with Crippen LogP contribution in [0.1, 0.15) is 22.2 Å². The van der Waals surface area contributed by atoms with Crippen LogP contribution in [0.25, 0.3) is 5.69 Å². The smallest absolute Gasteiger partial charge is 0.257 e. The number of aromatic nitrogens is 4. The molecular weight excluding hydrogens is 250 g/mol. The molecule has 1 aromatic heterocycles. The van der Waals surface area contributed by atoms with E-state index in [1.165, 1.54) is 0 Å². The Kier molecular flexibility index (Phi) is 1.99. The molecule has 0 aliphatic carbocycles. The third-order valence-corrected chi connectivity index (χ3v) is 4.31. The van der Waals surface area contributed by atoms with Crippen LogP contribution < -0.4 is 0 Å². The highest BCUT2D eigenvalue weighted by molar-refractivity contribution is 7.99. The number of para-hydroxylation sites is 1. The second-order valence-electron chi connectivity index (χ2n) is 4.26. The van der Waals surface area contributed by atoms with E-state index in [1.807, 2.05) is 29.2 Å². The molecule has 7 heteroatoms. The predicted molar refractivity (Wildman–Crippen MR) is 65.4 cm³/mol. The van der Waals surface area contributed by atoms with Gasteiger partial charge in [-0.3, -0.25) is 4.79 Å². The third kappa shape index (κ3) is 1.19. The van der Waals surface area contributed by atoms with Crippen LogP contribution in [0.15, 0.2) is 24.3 Å². The Hall–Kier alpha value is -1.89. The van der Waals surface area contributed by atoms with Gasteiger partial charge in [0.25, 0.3) is 5.91 Å².